The summed E-state index contributed by atoms with van der Waals surface area (Å²) in [5.74, 6) is 0.482. The smallest absolute Gasteiger partial charge is 0.167 e. The van der Waals surface area contributed by atoms with E-state index >= 15 is 0 Å². The summed E-state index contributed by atoms with van der Waals surface area (Å²) >= 11 is 0. The number of hydrogen-bond donors (Lipinski definition) is 0. The van der Waals surface area contributed by atoms with Crippen LogP contribution in [0, 0.1) is 6.20 Å². The van der Waals surface area contributed by atoms with E-state index in [0.717, 1.165) is 11.1 Å². The van der Waals surface area contributed by atoms with Gasteiger partial charge in [0.2, 0.25) is 0 Å². The summed E-state index contributed by atoms with van der Waals surface area (Å²) in [6.45, 7) is 1.53. The molecule has 0 amide bonds. The van der Waals surface area contributed by atoms with Gasteiger partial charge < -0.3 is 4.74 Å². The van der Waals surface area contributed by atoms with Crippen LogP contribution in [-0.2, 0) is 4.79 Å². The predicted molar refractivity (Wildman–Crippen MR) is 64.7 cm³/mol. The van der Waals surface area contributed by atoms with E-state index in [2.05, 4.69) is 11.2 Å². The molecule has 0 saturated carbocycles. The van der Waals surface area contributed by atoms with Crippen molar-refractivity contribution in [3.63, 3.8) is 0 Å². The molecule has 0 aliphatic rings. The van der Waals surface area contributed by atoms with E-state index in [1.807, 2.05) is 36.4 Å². The van der Waals surface area contributed by atoms with Crippen molar-refractivity contribution >= 4 is 5.78 Å². The molecule has 2 aromatic rings. The fourth-order valence-electron chi connectivity index (χ4n) is 1.47. The Morgan fingerprint density at radius 1 is 1.29 bits per heavy atom. The topological polar surface area (TPSA) is 39.2 Å². The predicted octanol–water partition coefficient (Wildman–Crippen LogP) is 2.52. The number of benzene rings is 1. The monoisotopic (exact) mass is 226 g/mol. The SMILES string of the molecule is CC(=O)COc1[c]nccc1-c1ccccc1. The fourth-order valence-corrected chi connectivity index (χ4v) is 1.47. The van der Waals surface area contributed by atoms with Crippen molar-refractivity contribution in [3.05, 3.63) is 48.8 Å². The van der Waals surface area contributed by atoms with Crippen molar-refractivity contribution in [1.82, 2.24) is 4.98 Å². The third-order valence-corrected chi connectivity index (χ3v) is 2.23. The third kappa shape index (κ3) is 2.91. The maximum atomic E-state index is 10.9. The lowest BCUT2D eigenvalue weighted by Gasteiger charge is -2.09. The van der Waals surface area contributed by atoms with Crippen LogP contribution in [0.3, 0.4) is 0 Å². The molecule has 0 aliphatic heterocycles. The first-order valence-electron chi connectivity index (χ1n) is 5.31. The van der Waals surface area contributed by atoms with E-state index in [0.29, 0.717) is 5.75 Å². The van der Waals surface area contributed by atoms with Crippen molar-refractivity contribution in [2.24, 2.45) is 0 Å². The summed E-state index contributed by atoms with van der Waals surface area (Å²) in [5.41, 5.74) is 1.91. The number of ketones is 1. The van der Waals surface area contributed by atoms with Gasteiger partial charge >= 0.3 is 0 Å². The largest absolute Gasteiger partial charge is 0.483 e. The third-order valence-electron chi connectivity index (χ3n) is 2.23. The molecule has 1 aromatic carbocycles. The van der Waals surface area contributed by atoms with Gasteiger partial charge in [0.15, 0.2) is 11.5 Å². The highest BCUT2D eigenvalue weighted by molar-refractivity contribution is 5.77. The zero-order valence-electron chi connectivity index (χ0n) is 9.51. The number of rotatable bonds is 4. The van der Waals surface area contributed by atoms with Gasteiger partial charge in [-0.15, -0.1) is 0 Å². The molecule has 2 rings (SSSR count). The molecular weight excluding hydrogens is 214 g/mol. The molecule has 0 N–H and O–H groups in total. The summed E-state index contributed by atoms with van der Waals surface area (Å²) in [7, 11) is 0. The number of nitrogens with zero attached hydrogens (tertiary/aromatic N) is 1. The van der Waals surface area contributed by atoms with Crippen molar-refractivity contribution in [3.8, 4) is 16.9 Å². The van der Waals surface area contributed by atoms with Crippen LogP contribution in [0.4, 0.5) is 0 Å². The first-order valence-corrected chi connectivity index (χ1v) is 5.31. The molecular formula is C14H12NO2. The highest BCUT2D eigenvalue weighted by Gasteiger charge is 2.07. The summed E-state index contributed by atoms with van der Waals surface area (Å²) in [5, 5.41) is 0. The van der Waals surface area contributed by atoms with Gasteiger partial charge in [-0.3, -0.25) is 9.78 Å². The van der Waals surface area contributed by atoms with E-state index in [1.54, 1.807) is 6.20 Å². The number of pyridine rings is 1. The van der Waals surface area contributed by atoms with Gasteiger partial charge in [0.25, 0.3) is 0 Å². The van der Waals surface area contributed by atoms with Crippen LogP contribution in [0.1, 0.15) is 6.92 Å². The Balaban J connectivity index is 2.31. The zero-order valence-corrected chi connectivity index (χ0v) is 9.51. The quantitative estimate of drug-likeness (QED) is 0.804. The van der Waals surface area contributed by atoms with Gasteiger partial charge in [-0.1, -0.05) is 30.3 Å². The standard InChI is InChI=1S/C14H12NO2/c1-11(16)10-17-14-9-15-8-7-13(14)12-5-3-2-4-6-12/h2-8H,10H2,1H3. The highest BCUT2D eigenvalue weighted by atomic mass is 16.5. The average Bonchev–Trinajstić information content (AvgIpc) is 2.38. The number of carbonyl (C=O) groups is 1. The number of aromatic nitrogens is 1. The minimum absolute atomic E-state index is 0.0266. The minimum atomic E-state index is -0.0266. The van der Waals surface area contributed by atoms with Gasteiger partial charge in [0.1, 0.15) is 12.8 Å². The number of ether oxygens (including phenoxy) is 1. The van der Waals surface area contributed by atoms with Crippen molar-refractivity contribution < 1.29 is 9.53 Å². The lowest BCUT2D eigenvalue weighted by atomic mass is 10.1. The first-order chi connectivity index (χ1) is 8.27. The van der Waals surface area contributed by atoms with Crippen LogP contribution < -0.4 is 4.74 Å². The number of Topliss-reactive ketones (excluding diaryl/α,β-unsaturated/α-hetero) is 1. The minimum Gasteiger partial charge on any atom is -0.483 e. The Morgan fingerprint density at radius 3 is 2.76 bits per heavy atom. The van der Waals surface area contributed by atoms with Crippen molar-refractivity contribution in [1.29, 1.82) is 0 Å². The van der Waals surface area contributed by atoms with Crippen LogP contribution in [0.5, 0.6) is 5.75 Å². The lowest BCUT2D eigenvalue weighted by molar-refractivity contribution is -0.118. The highest BCUT2D eigenvalue weighted by Crippen LogP contribution is 2.28. The molecule has 0 spiro atoms. The molecule has 3 nitrogen and oxygen atoms in total. The molecule has 1 aromatic heterocycles. The molecule has 0 bridgehead atoms. The molecule has 0 atom stereocenters. The number of hydrogen-bond acceptors (Lipinski definition) is 3. The Kier molecular flexibility index (Phi) is 3.50. The van der Waals surface area contributed by atoms with E-state index in [-0.39, 0.29) is 12.4 Å². The van der Waals surface area contributed by atoms with E-state index in [4.69, 9.17) is 4.74 Å². The normalized spacial score (nSPS) is 9.94. The summed E-state index contributed by atoms with van der Waals surface area (Å²) in [6, 6.07) is 11.6. The van der Waals surface area contributed by atoms with Crippen molar-refractivity contribution in [2.75, 3.05) is 6.61 Å². The maximum absolute atomic E-state index is 10.9. The Labute approximate surface area is 100 Å². The Hall–Kier alpha value is -2.16. The van der Waals surface area contributed by atoms with Gasteiger partial charge in [-0.25, -0.2) is 0 Å². The molecule has 1 radical (unpaired) electrons. The van der Waals surface area contributed by atoms with Crippen molar-refractivity contribution in [2.45, 2.75) is 6.92 Å². The van der Waals surface area contributed by atoms with E-state index in [1.165, 1.54) is 6.92 Å². The molecule has 0 fully saturated rings. The lowest BCUT2D eigenvalue weighted by Crippen LogP contribution is -2.07. The molecule has 3 heteroatoms. The molecule has 0 unspecified atom stereocenters. The molecule has 85 valence electrons. The zero-order chi connectivity index (χ0) is 12.1. The molecule has 0 saturated heterocycles. The second-order valence-electron chi connectivity index (χ2n) is 3.66. The summed E-state index contributed by atoms with van der Waals surface area (Å²) in [6.07, 6.45) is 4.42. The van der Waals surface area contributed by atoms with Crippen LogP contribution in [0.25, 0.3) is 11.1 Å². The average molecular weight is 226 g/mol. The Bertz CT molecular complexity index is 509. The maximum Gasteiger partial charge on any atom is 0.167 e. The van der Waals surface area contributed by atoms with Crippen LogP contribution in [0.2, 0.25) is 0 Å². The van der Waals surface area contributed by atoms with Crippen LogP contribution >= 0.6 is 0 Å². The first kappa shape index (κ1) is 11.3. The van der Waals surface area contributed by atoms with Gasteiger partial charge in [-0.2, -0.15) is 0 Å². The second kappa shape index (κ2) is 5.25. The second-order valence-corrected chi connectivity index (χ2v) is 3.66. The van der Waals surface area contributed by atoms with E-state index in [9.17, 15) is 4.79 Å². The fraction of sp³-hybridized carbons (Fsp3) is 0.143. The molecule has 17 heavy (non-hydrogen) atoms. The van der Waals surface area contributed by atoms with Crippen LogP contribution in [-0.4, -0.2) is 17.4 Å². The molecule has 1 heterocycles. The Morgan fingerprint density at radius 2 is 2.06 bits per heavy atom. The summed E-state index contributed by atoms with van der Waals surface area (Å²) < 4.78 is 5.39. The van der Waals surface area contributed by atoms with E-state index < -0.39 is 0 Å². The molecule has 0 aliphatic carbocycles. The number of carbonyl (C=O) groups excluding carboxylic acids is 1. The van der Waals surface area contributed by atoms with Gasteiger partial charge in [0, 0.05) is 11.8 Å². The van der Waals surface area contributed by atoms with Gasteiger partial charge in [-0.05, 0) is 18.6 Å². The van der Waals surface area contributed by atoms with Gasteiger partial charge in [0.05, 0.1) is 0 Å². The van der Waals surface area contributed by atoms with Crippen LogP contribution in [0.15, 0.2) is 42.6 Å². The summed E-state index contributed by atoms with van der Waals surface area (Å²) in [4.78, 5) is 14.8.